The van der Waals surface area contributed by atoms with Crippen molar-refractivity contribution in [3.05, 3.63) is 58.7 Å². The van der Waals surface area contributed by atoms with Crippen molar-refractivity contribution in [1.82, 2.24) is 0 Å². The summed E-state index contributed by atoms with van der Waals surface area (Å²) in [6, 6.07) is 9.29. The fourth-order valence-electron chi connectivity index (χ4n) is 3.64. The zero-order valence-corrected chi connectivity index (χ0v) is 17.4. The van der Waals surface area contributed by atoms with E-state index in [2.05, 4.69) is 0 Å². The average Bonchev–Trinajstić information content (AvgIpc) is 2.66. The number of fused-ring (bicyclic) bond motifs is 1. The van der Waals surface area contributed by atoms with E-state index in [0.717, 1.165) is 20.8 Å². The van der Waals surface area contributed by atoms with Crippen molar-refractivity contribution in [3.63, 3.8) is 0 Å². The fourth-order valence-corrected chi connectivity index (χ4v) is 3.64. The van der Waals surface area contributed by atoms with Crippen LogP contribution in [0.2, 0.25) is 0 Å². The van der Waals surface area contributed by atoms with Crippen LogP contribution in [0.25, 0.3) is 0 Å². The molecule has 8 heteroatoms. The Morgan fingerprint density at radius 1 is 0.903 bits per heavy atom. The molecule has 0 N–H and O–H groups in total. The summed E-state index contributed by atoms with van der Waals surface area (Å²) in [6.07, 6.45) is -0.189. The predicted molar refractivity (Wildman–Crippen MR) is 107 cm³/mol. The molecule has 1 aliphatic carbocycles. The summed E-state index contributed by atoms with van der Waals surface area (Å²) >= 11 is 0. The van der Waals surface area contributed by atoms with Gasteiger partial charge in [0.05, 0.1) is 5.56 Å². The minimum absolute atomic E-state index is 0.177. The number of carbonyl (C=O) groups is 5. The molecule has 1 unspecified atom stereocenters. The van der Waals surface area contributed by atoms with Gasteiger partial charge in [-0.1, -0.05) is 24.3 Å². The average molecular weight is 424 g/mol. The normalized spacial score (nSPS) is 17.5. The molecule has 2 aromatic rings. The third kappa shape index (κ3) is 3.96. The topological polar surface area (TPSA) is 113 Å². The standard InChI is InChI=1S/C23H20O8/c1-12-9-18(21(30-14(3)25)19(10-12)29-13(2)24)23(31-15(4)26)20(27)11-16-7-5-6-8-17(16)22(23)28/h5-10H,11H2,1-4H3. The van der Waals surface area contributed by atoms with E-state index in [-0.39, 0.29) is 29.0 Å². The van der Waals surface area contributed by atoms with Crippen molar-refractivity contribution < 1.29 is 38.2 Å². The first-order valence-electron chi connectivity index (χ1n) is 9.43. The van der Waals surface area contributed by atoms with E-state index < -0.39 is 35.1 Å². The fraction of sp³-hybridized carbons (Fsp3) is 0.261. The SMILES string of the molecule is CC(=O)Oc1cc(C)cc(C2(OC(C)=O)C(=O)Cc3ccccc3C2=O)c1OC(C)=O. The summed E-state index contributed by atoms with van der Waals surface area (Å²) in [7, 11) is 0. The number of hydrogen-bond donors (Lipinski definition) is 0. The third-order valence-electron chi connectivity index (χ3n) is 4.70. The molecular weight excluding hydrogens is 404 g/mol. The molecule has 0 aromatic heterocycles. The number of ketones is 2. The van der Waals surface area contributed by atoms with Gasteiger partial charge < -0.3 is 14.2 Å². The molecule has 0 fully saturated rings. The largest absolute Gasteiger partial charge is 0.437 e. The quantitative estimate of drug-likeness (QED) is 0.418. The summed E-state index contributed by atoms with van der Waals surface area (Å²) in [5.74, 6) is -4.38. The molecule has 0 spiro atoms. The number of hydrogen-bond acceptors (Lipinski definition) is 8. The maximum atomic E-state index is 13.6. The van der Waals surface area contributed by atoms with Crippen molar-refractivity contribution in [3.8, 4) is 11.5 Å². The van der Waals surface area contributed by atoms with Crippen molar-refractivity contribution in [1.29, 1.82) is 0 Å². The molecule has 1 aliphatic rings. The monoisotopic (exact) mass is 424 g/mol. The van der Waals surface area contributed by atoms with E-state index in [1.807, 2.05) is 0 Å². The Kier molecular flexibility index (Phi) is 5.75. The zero-order valence-electron chi connectivity index (χ0n) is 17.4. The van der Waals surface area contributed by atoms with Crippen molar-refractivity contribution >= 4 is 29.5 Å². The van der Waals surface area contributed by atoms with Gasteiger partial charge in [0.25, 0.3) is 5.60 Å². The number of aryl methyl sites for hydroxylation is 1. The third-order valence-corrected chi connectivity index (χ3v) is 4.70. The molecule has 31 heavy (non-hydrogen) atoms. The van der Waals surface area contributed by atoms with Gasteiger partial charge in [0, 0.05) is 32.8 Å². The minimum Gasteiger partial charge on any atom is -0.437 e. The van der Waals surface area contributed by atoms with Crippen LogP contribution in [-0.2, 0) is 35.9 Å². The van der Waals surface area contributed by atoms with Crippen LogP contribution in [-0.4, -0.2) is 29.5 Å². The molecule has 0 saturated heterocycles. The van der Waals surface area contributed by atoms with E-state index in [0.29, 0.717) is 11.1 Å². The number of rotatable bonds is 4. The summed E-state index contributed by atoms with van der Waals surface area (Å²) in [4.78, 5) is 62.5. The highest BCUT2D eigenvalue weighted by atomic mass is 16.6. The van der Waals surface area contributed by atoms with Gasteiger partial charge in [0.15, 0.2) is 17.3 Å². The van der Waals surface area contributed by atoms with E-state index in [1.165, 1.54) is 18.2 Å². The summed E-state index contributed by atoms with van der Waals surface area (Å²) in [5.41, 5.74) is -1.41. The van der Waals surface area contributed by atoms with Gasteiger partial charge in [-0.3, -0.25) is 24.0 Å². The van der Waals surface area contributed by atoms with Gasteiger partial charge in [-0.25, -0.2) is 0 Å². The number of ether oxygens (including phenoxy) is 3. The molecule has 3 rings (SSSR count). The molecule has 0 heterocycles. The lowest BCUT2D eigenvalue weighted by atomic mass is 9.73. The van der Waals surface area contributed by atoms with Crippen molar-refractivity contribution in [2.45, 2.75) is 39.7 Å². The van der Waals surface area contributed by atoms with Crippen LogP contribution >= 0.6 is 0 Å². The molecular formula is C23H20O8. The van der Waals surface area contributed by atoms with Crippen LogP contribution in [0.15, 0.2) is 36.4 Å². The molecule has 0 saturated carbocycles. The lowest BCUT2D eigenvalue weighted by molar-refractivity contribution is -0.162. The highest BCUT2D eigenvalue weighted by Crippen LogP contribution is 2.46. The lowest BCUT2D eigenvalue weighted by Crippen LogP contribution is -2.51. The van der Waals surface area contributed by atoms with Crippen molar-refractivity contribution in [2.75, 3.05) is 0 Å². The van der Waals surface area contributed by atoms with Crippen LogP contribution in [0.5, 0.6) is 11.5 Å². The molecule has 8 nitrogen and oxygen atoms in total. The Labute approximate surface area is 178 Å². The van der Waals surface area contributed by atoms with Crippen LogP contribution in [0.3, 0.4) is 0 Å². The molecule has 2 aromatic carbocycles. The second-order valence-electron chi connectivity index (χ2n) is 7.19. The highest BCUT2D eigenvalue weighted by Gasteiger charge is 2.56. The molecule has 0 bridgehead atoms. The van der Waals surface area contributed by atoms with Crippen LogP contribution in [0.1, 0.15) is 47.8 Å². The Bertz CT molecular complexity index is 1130. The number of carbonyl (C=O) groups excluding carboxylic acids is 5. The van der Waals surface area contributed by atoms with Crippen LogP contribution in [0, 0.1) is 6.92 Å². The summed E-state index contributed by atoms with van der Waals surface area (Å²) < 4.78 is 15.8. The molecule has 0 aliphatic heterocycles. The van der Waals surface area contributed by atoms with Gasteiger partial charge in [0.1, 0.15) is 0 Å². The predicted octanol–water partition coefficient (Wildman–Crippen LogP) is 2.61. The van der Waals surface area contributed by atoms with E-state index >= 15 is 0 Å². The van der Waals surface area contributed by atoms with E-state index in [4.69, 9.17) is 14.2 Å². The van der Waals surface area contributed by atoms with Gasteiger partial charge in [0.2, 0.25) is 5.78 Å². The Morgan fingerprint density at radius 3 is 2.16 bits per heavy atom. The van der Waals surface area contributed by atoms with E-state index in [9.17, 15) is 24.0 Å². The minimum atomic E-state index is -2.40. The Balaban J connectivity index is 2.39. The first-order chi connectivity index (χ1) is 14.6. The van der Waals surface area contributed by atoms with E-state index in [1.54, 1.807) is 25.1 Å². The zero-order chi connectivity index (χ0) is 22.9. The van der Waals surface area contributed by atoms with Crippen molar-refractivity contribution in [2.24, 2.45) is 0 Å². The summed E-state index contributed by atoms with van der Waals surface area (Å²) in [6.45, 7) is 4.95. The molecule has 0 radical (unpaired) electrons. The maximum Gasteiger partial charge on any atom is 0.308 e. The number of esters is 3. The van der Waals surface area contributed by atoms with Crippen LogP contribution < -0.4 is 9.47 Å². The second kappa shape index (κ2) is 8.14. The Hall–Kier alpha value is -3.81. The number of Topliss-reactive ketones (excluding diaryl/α,β-unsaturated/α-hetero) is 2. The van der Waals surface area contributed by atoms with Gasteiger partial charge >= 0.3 is 17.9 Å². The molecule has 0 amide bonds. The Morgan fingerprint density at radius 2 is 1.55 bits per heavy atom. The van der Waals surface area contributed by atoms with Gasteiger partial charge in [-0.15, -0.1) is 0 Å². The first-order valence-corrected chi connectivity index (χ1v) is 9.43. The first kappa shape index (κ1) is 21.9. The molecule has 1 atom stereocenters. The smallest absolute Gasteiger partial charge is 0.308 e. The second-order valence-corrected chi connectivity index (χ2v) is 7.19. The van der Waals surface area contributed by atoms with Crippen LogP contribution in [0.4, 0.5) is 0 Å². The van der Waals surface area contributed by atoms with Gasteiger partial charge in [-0.2, -0.15) is 0 Å². The molecule has 160 valence electrons. The maximum absolute atomic E-state index is 13.6. The lowest BCUT2D eigenvalue weighted by Gasteiger charge is -2.35. The van der Waals surface area contributed by atoms with Gasteiger partial charge in [-0.05, 0) is 30.2 Å². The summed E-state index contributed by atoms with van der Waals surface area (Å²) in [5, 5.41) is 0. The highest BCUT2D eigenvalue weighted by molar-refractivity contribution is 6.23. The number of benzene rings is 2.